The Hall–Kier alpha value is -3.59. The van der Waals surface area contributed by atoms with E-state index in [4.69, 9.17) is 9.47 Å². The fourth-order valence-electron chi connectivity index (χ4n) is 6.77. The van der Waals surface area contributed by atoms with E-state index in [1.807, 2.05) is 48.5 Å². The van der Waals surface area contributed by atoms with Gasteiger partial charge in [-0.25, -0.2) is 9.59 Å². The molecule has 0 spiro atoms. The van der Waals surface area contributed by atoms with Crippen LogP contribution in [0, 0.1) is 11.8 Å². The summed E-state index contributed by atoms with van der Waals surface area (Å²) < 4.78 is 10.6. The maximum Gasteiger partial charge on any atom is 0.410 e. The second-order valence-electron chi connectivity index (χ2n) is 12.4. The maximum atomic E-state index is 12.5. The molecule has 0 bridgehead atoms. The number of carboxylic acids is 1. The number of ether oxygens (including phenoxy) is 2. The highest BCUT2D eigenvalue weighted by Gasteiger charge is 2.35. The minimum Gasteiger partial charge on any atom is -0.548 e. The summed E-state index contributed by atoms with van der Waals surface area (Å²) >= 11 is 0. The predicted octanol–water partition coefficient (Wildman–Crippen LogP) is 4.54. The highest BCUT2D eigenvalue weighted by Crippen LogP contribution is 2.33. The van der Waals surface area contributed by atoms with E-state index in [1.165, 1.54) is 69.1 Å². The number of hydrogen-bond donors (Lipinski definition) is 1. The number of rotatable bonds is 9. The van der Waals surface area contributed by atoms with Gasteiger partial charge in [-0.15, -0.1) is 0 Å². The number of nitrogens with zero attached hydrogens (tertiary/aromatic N) is 2. The minimum atomic E-state index is -1.39. The summed E-state index contributed by atoms with van der Waals surface area (Å²) in [6, 6.07) is 18.7. The lowest BCUT2D eigenvalue weighted by atomic mass is 9.74. The van der Waals surface area contributed by atoms with E-state index in [0.717, 1.165) is 33.9 Å². The third kappa shape index (κ3) is 10.5. The number of aliphatic carboxylic acids is 1. The van der Waals surface area contributed by atoms with Crippen molar-refractivity contribution in [3.05, 3.63) is 71.8 Å². The summed E-state index contributed by atoms with van der Waals surface area (Å²) in [6.07, 6.45) is 13.9. The molecule has 3 fully saturated rings. The van der Waals surface area contributed by atoms with Gasteiger partial charge < -0.3 is 30.0 Å². The quantitative estimate of drug-likeness (QED) is 0.446. The van der Waals surface area contributed by atoms with E-state index in [2.05, 4.69) is 5.73 Å². The van der Waals surface area contributed by atoms with Crippen molar-refractivity contribution in [3.8, 4) is 0 Å². The molecule has 3 N–H and O–H groups in total. The second-order valence-corrected chi connectivity index (χ2v) is 12.4. The Kier molecular flexibility index (Phi) is 13.4. The molecule has 240 valence electrons. The van der Waals surface area contributed by atoms with Crippen molar-refractivity contribution in [2.45, 2.75) is 95.9 Å². The molecule has 9 nitrogen and oxygen atoms in total. The highest BCUT2D eigenvalue weighted by molar-refractivity contribution is 5.76. The number of carboxylic acid groups (broad SMARTS) is 1. The van der Waals surface area contributed by atoms with Crippen molar-refractivity contribution in [2.24, 2.45) is 11.8 Å². The Morgan fingerprint density at radius 2 is 1.27 bits per heavy atom. The van der Waals surface area contributed by atoms with Gasteiger partial charge in [0, 0.05) is 24.9 Å². The smallest absolute Gasteiger partial charge is 0.410 e. The van der Waals surface area contributed by atoms with Crippen LogP contribution in [0.5, 0.6) is 0 Å². The molecule has 5 rings (SSSR count). The van der Waals surface area contributed by atoms with Crippen molar-refractivity contribution >= 4 is 18.2 Å². The molecule has 44 heavy (non-hydrogen) atoms. The summed E-state index contributed by atoms with van der Waals surface area (Å²) in [5, 5.41) is 11.2. The van der Waals surface area contributed by atoms with Crippen LogP contribution >= 0.6 is 0 Å². The molecular formula is C35H49N3O6. The van der Waals surface area contributed by atoms with Crippen LogP contribution in [0.2, 0.25) is 0 Å². The van der Waals surface area contributed by atoms with E-state index < -0.39 is 30.7 Å². The van der Waals surface area contributed by atoms with Crippen LogP contribution in [0.4, 0.5) is 9.59 Å². The summed E-state index contributed by atoms with van der Waals surface area (Å²) in [4.78, 5) is 38.5. The van der Waals surface area contributed by atoms with Gasteiger partial charge in [0.05, 0.1) is 24.6 Å². The first-order valence-corrected chi connectivity index (χ1v) is 16.4. The minimum absolute atomic E-state index is 0.0266. The van der Waals surface area contributed by atoms with Crippen LogP contribution in [0.3, 0.4) is 0 Å². The van der Waals surface area contributed by atoms with E-state index in [9.17, 15) is 19.5 Å². The van der Waals surface area contributed by atoms with Gasteiger partial charge in [-0.3, -0.25) is 4.90 Å². The molecule has 0 radical (unpaired) electrons. The Balaban J connectivity index is 0.000000262. The van der Waals surface area contributed by atoms with Crippen molar-refractivity contribution in [1.82, 2.24) is 9.80 Å². The Morgan fingerprint density at radius 3 is 1.77 bits per heavy atom. The summed E-state index contributed by atoms with van der Waals surface area (Å²) in [5.74, 6) is 0.565. The molecule has 0 unspecified atom stereocenters. The van der Waals surface area contributed by atoms with Crippen molar-refractivity contribution < 1.29 is 34.7 Å². The fraction of sp³-hybridized carbons (Fsp3) is 0.571. The average molecular weight is 608 g/mol. The summed E-state index contributed by atoms with van der Waals surface area (Å²) in [7, 11) is 0. The summed E-state index contributed by atoms with van der Waals surface area (Å²) in [6.45, 7) is 0.0851. The molecule has 1 heterocycles. The first-order valence-electron chi connectivity index (χ1n) is 16.4. The maximum absolute atomic E-state index is 12.5. The molecular weight excluding hydrogens is 558 g/mol. The molecule has 9 heteroatoms. The van der Waals surface area contributed by atoms with E-state index in [0.29, 0.717) is 13.0 Å². The first-order chi connectivity index (χ1) is 21.4. The Morgan fingerprint density at radius 1 is 0.773 bits per heavy atom. The zero-order valence-corrected chi connectivity index (χ0v) is 25.9. The van der Waals surface area contributed by atoms with Crippen molar-refractivity contribution in [1.29, 1.82) is 0 Å². The number of hydrogen-bond acceptors (Lipinski definition) is 6. The lowest BCUT2D eigenvalue weighted by molar-refractivity contribution is -0.449. The van der Waals surface area contributed by atoms with Gasteiger partial charge in [0.1, 0.15) is 13.2 Å². The third-order valence-corrected chi connectivity index (χ3v) is 9.32. The fourth-order valence-corrected chi connectivity index (χ4v) is 6.77. The van der Waals surface area contributed by atoms with Gasteiger partial charge in [0.2, 0.25) is 0 Å². The number of carbonyl (C=O) groups excluding carboxylic acids is 3. The predicted molar refractivity (Wildman–Crippen MR) is 165 cm³/mol. The van der Waals surface area contributed by atoms with Crippen LogP contribution in [0.25, 0.3) is 0 Å². The molecule has 3 aliphatic rings. The number of quaternary nitrogens is 1. The number of carbonyl (C=O) groups is 3. The van der Waals surface area contributed by atoms with Gasteiger partial charge in [0.25, 0.3) is 0 Å². The van der Waals surface area contributed by atoms with E-state index in [1.54, 1.807) is 12.1 Å². The lowest BCUT2D eigenvalue weighted by Crippen LogP contribution is -2.68. The van der Waals surface area contributed by atoms with Crippen LogP contribution in [0.1, 0.15) is 81.8 Å². The Labute approximate surface area is 261 Å². The number of likely N-dealkylation sites (tertiary alicyclic amines) is 1. The number of amides is 2. The van der Waals surface area contributed by atoms with Crippen LogP contribution in [-0.2, 0) is 27.5 Å². The first kappa shape index (κ1) is 33.3. The van der Waals surface area contributed by atoms with Crippen molar-refractivity contribution in [2.75, 3.05) is 19.6 Å². The van der Waals surface area contributed by atoms with Crippen LogP contribution in [0.15, 0.2) is 60.7 Å². The molecule has 2 aromatic carbocycles. The zero-order chi connectivity index (χ0) is 31.1. The molecule has 0 aromatic heterocycles. The monoisotopic (exact) mass is 607 g/mol. The zero-order valence-electron chi connectivity index (χ0n) is 25.9. The second kappa shape index (κ2) is 17.6. The van der Waals surface area contributed by atoms with E-state index in [-0.39, 0.29) is 19.8 Å². The SMILES string of the molecule is O=C([O-])CN(C(=O)OCc1ccccc1)[C@@H]1CCN(C(=O)OCc2ccccc2)C1.[NH3+]C(C1CCCCC1)C1CCCCC1. The normalized spacial score (nSPS) is 19.1. The molecule has 2 aromatic rings. The summed E-state index contributed by atoms with van der Waals surface area (Å²) in [5.41, 5.74) is 6.14. The number of benzene rings is 2. The van der Waals surface area contributed by atoms with Crippen LogP contribution < -0.4 is 10.8 Å². The largest absolute Gasteiger partial charge is 0.548 e. The molecule has 1 saturated heterocycles. The molecule has 2 amide bonds. The van der Waals surface area contributed by atoms with Gasteiger partial charge >= 0.3 is 12.2 Å². The highest BCUT2D eigenvalue weighted by atomic mass is 16.6. The van der Waals surface area contributed by atoms with Crippen LogP contribution in [-0.4, -0.2) is 59.7 Å². The standard InChI is InChI=1S/C22H24N2O6.C13H25N/c25-20(26)14-24(22(28)30-16-18-9-5-2-6-10-18)19-11-12-23(13-19)21(27)29-15-17-7-3-1-4-8-17;14-13(11-7-3-1-4-8-11)12-9-5-2-6-10-12/h1-10,19H,11-16H2,(H,25,26);11-13H,1-10,14H2/t19-;/m1./s1. The van der Waals surface area contributed by atoms with Gasteiger partial charge in [-0.1, -0.05) is 99.2 Å². The molecule has 1 atom stereocenters. The Bertz CT molecular complexity index is 1130. The van der Waals surface area contributed by atoms with Gasteiger partial charge in [-0.2, -0.15) is 0 Å². The molecule has 1 aliphatic heterocycles. The van der Waals surface area contributed by atoms with Gasteiger partial charge in [0.15, 0.2) is 0 Å². The molecule has 2 aliphatic carbocycles. The van der Waals surface area contributed by atoms with Crippen molar-refractivity contribution in [3.63, 3.8) is 0 Å². The van der Waals surface area contributed by atoms with Gasteiger partial charge in [-0.05, 0) is 43.2 Å². The topological polar surface area (TPSA) is 127 Å². The molecule has 2 saturated carbocycles. The van der Waals surface area contributed by atoms with E-state index >= 15 is 0 Å². The average Bonchev–Trinajstić information content (AvgIpc) is 3.57. The lowest BCUT2D eigenvalue weighted by Gasteiger charge is -2.32. The third-order valence-electron chi connectivity index (χ3n) is 9.32.